The van der Waals surface area contributed by atoms with Crippen LogP contribution in [0.3, 0.4) is 0 Å². The van der Waals surface area contributed by atoms with E-state index in [0.717, 1.165) is 12.8 Å². The summed E-state index contributed by atoms with van der Waals surface area (Å²) >= 11 is 0. The van der Waals surface area contributed by atoms with Crippen molar-refractivity contribution in [3.8, 4) is 0 Å². The van der Waals surface area contributed by atoms with Gasteiger partial charge in [0.15, 0.2) is 0 Å². The third-order valence-corrected chi connectivity index (χ3v) is 1.35. The highest BCUT2D eigenvalue weighted by Gasteiger charge is 1.75. The van der Waals surface area contributed by atoms with Crippen LogP contribution in [0.2, 0.25) is 0 Å². The predicted molar refractivity (Wildman–Crippen MR) is 52.6 cm³/mol. The zero-order chi connectivity index (χ0) is 8.53. The molecule has 0 heteroatoms. The molecule has 0 nitrogen and oxygen atoms in total. The maximum atomic E-state index is 2.17. The summed E-state index contributed by atoms with van der Waals surface area (Å²) in [5.41, 5.74) is 1.32. The molecule has 0 atom stereocenters. The van der Waals surface area contributed by atoms with Crippen LogP contribution in [0.4, 0.5) is 0 Å². The maximum absolute atomic E-state index is 2.17. The van der Waals surface area contributed by atoms with Gasteiger partial charge in [0.1, 0.15) is 0 Å². The average molecular weight is 150 g/mol. The summed E-state index contributed by atoms with van der Waals surface area (Å²) < 4.78 is 0. The van der Waals surface area contributed by atoms with Crippen LogP contribution in [0.1, 0.15) is 33.6 Å². The predicted octanol–water partition coefficient (Wildman–Crippen LogP) is 3.87. The Morgan fingerprint density at radius 3 is 2.27 bits per heavy atom. The van der Waals surface area contributed by atoms with Gasteiger partial charge < -0.3 is 0 Å². The van der Waals surface area contributed by atoms with Crippen LogP contribution in [-0.4, -0.2) is 0 Å². The zero-order valence-electron chi connectivity index (χ0n) is 7.80. The standard InChI is InChI=1S/C11H18/c1-4-6-8-10-11(3)9-7-5-2/h6-10H,4-5H2,1-3H3/b8-6-,9-7+,11-10+. The van der Waals surface area contributed by atoms with Crippen molar-refractivity contribution in [2.24, 2.45) is 0 Å². The Balaban J connectivity index is 3.80. The van der Waals surface area contributed by atoms with Crippen molar-refractivity contribution in [3.05, 3.63) is 36.0 Å². The van der Waals surface area contributed by atoms with Gasteiger partial charge in [-0.3, -0.25) is 0 Å². The Morgan fingerprint density at radius 2 is 1.73 bits per heavy atom. The van der Waals surface area contributed by atoms with Crippen molar-refractivity contribution >= 4 is 0 Å². The molecule has 0 aliphatic rings. The molecule has 0 bridgehead atoms. The second-order valence-corrected chi connectivity index (χ2v) is 2.56. The van der Waals surface area contributed by atoms with Crippen LogP contribution in [-0.2, 0) is 0 Å². The minimum atomic E-state index is 1.11. The Kier molecular flexibility index (Phi) is 6.81. The molecule has 0 saturated heterocycles. The lowest BCUT2D eigenvalue weighted by molar-refractivity contribution is 1.21. The summed E-state index contributed by atoms with van der Waals surface area (Å²) in [4.78, 5) is 0. The molecule has 0 aromatic carbocycles. The Bertz CT molecular complexity index is 159. The van der Waals surface area contributed by atoms with E-state index in [4.69, 9.17) is 0 Å². The van der Waals surface area contributed by atoms with E-state index in [-0.39, 0.29) is 0 Å². The van der Waals surface area contributed by atoms with E-state index >= 15 is 0 Å². The molecule has 0 amide bonds. The minimum Gasteiger partial charge on any atom is -0.0848 e. The fourth-order valence-corrected chi connectivity index (χ4v) is 0.715. The Hall–Kier alpha value is -0.780. The minimum absolute atomic E-state index is 1.11. The first-order chi connectivity index (χ1) is 5.31. The smallest absolute Gasteiger partial charge is 0.0376 e. The van der Waals surface area contributed by atoms with Crippen LogP contribution in [0.25, 0.3) is 0 Å². The van der Waals surface area contributed by atoms with Crippen LogP contribution >= 0.6 is 0 Å². The highest BCUT2D eigenvalue weighted by Crippen LogP contribution is 1.96. The molecule has 0 fully saturated rings. The van der Waals surface area contributed by atoms with Gasteiger partial charge >= 0.3 is 0 Å². The van der Waals surface area contributed by atoms with Gasteiger partial charge in [-0.2, -0.15) is 0 Å². The largest absolute Gasteiger partial charge is 0.0848 e. The van der Waals surface area contributed by atoms with Crippen LogP contribution in [0, 0.1) is 0 Å². The Labute approximate surface area is 70.3 Å². The fraction of sp³-hybridized carbons (Fsp3) is 0.455. The van der Waals surface area contributed by atoms with Crippen molar-refractivity contribution in [2.45, 2.75) is 33.6 Å². The van der Waals surface area contributed by atoms with Gasteiger partial charge in [-0.15, -0.1) is 0 Å². The third kappa shape index (κ3) is 7.11. The van der Waals surface area contributed by atoms with E-state index in [1.54, 1.807) is 0 Å². The third-order valence-electron chi connectivity index (χ3n) is 1.35. The monoisotopic (exact) mass is 150 g/mol. The summed E-state index contributed by atoms with van der Waals surface area (Å²) in [7, 11) is 0. The van der Waals surface area contributed by atoms with Crippen LogP contribution in [0.5, 0.6) is 0 Å². The molecule has 0 radical (unpaired) electrons. The van der Waals surface area contributed by atoms with Gasteiger partial charge in [-0.05, 0) is 19.8 Å². The first-order valence-corrected chi connectivity index (χ1v) is 4.31. The second kappa shape index (κ2) is 7.33. The maximum Gasteiger partial charge on any atom is -0.0376 e. The summed E-state index contributed by atoms with van der Waals surface area (Å²) in [6.07, 6.45) is 12.9. The lowest BCUT2D eigenvalue weighted by Gasteiger charge is -1.86. The molecule has 0 aliphatic carbocycles. The molecule has 0 saturated carbocycles. The van der Waals surface area contributed by atoms with Crippen LogP contribution in [0.15, 0.2) is 36.0 Å². The molecule has 0 aliphatic heterocycles. The zero-order valence-corrected chi connectivity index (χ0v) is 7.80. The van der Waals surface area contributed by atoms with Crippen molar-refractivity contribution in [1.29, 1.82) is 0 Å². The lowest BCUT2D eigenvalue weighted by Crippen LogP contribution is -1.65. The molecule has 0 unspecified atom stereocenters. The van der Waals surface area contributed by atoms with E-state index in [2.05, 4.69) is 51.2 Å². The molecule has 0 heterocycles. The van der Waals surface area contributed by atoms with Gasteiger partial charge in [0.2, 0.25) is 0 Å². The topological polar surface area (TPSA) is 0 Å². The first-order valence-electron chi connectivity index (χ1n) is 4.31. The molecule has 0 rings (SSSR count). The quantitative estimate of drug-likeness (QED) is 0.534. The van der Waals surface area contributed by atoms with Gasteiger partial charge in [0, 0.05) is 0 Å². The molecular formula is C11H18. The van der Waals surface area contributed by atoms with Gasteiger partial charge in [0.25, 0.3) is 0 Å². The molecule has 11 heavy (non-hydrogen) atoms. The van der Waals surface area contributed by atoms with Crippen LogP contribution < -0.4 is 0 Å². The molecule has 0 aromatic rings. The highest BCUT2D eigenvalue weighted by molar-refractivity contribution is 5.21. The Morgan fingerprint density at radius 1 is 1.09 bits per heavy atom. The summed E-state index contributed by atoms with van der Waals surface area (Å²) in [6.45, 7) is 6.40. The fourth-order valence-electron chi connectivity index (χ4n) is 0.715. The van der Waals surface area contributed by atoms with Crippen molar-refractivity contribution in [1.82, 2.24) is 0 Å². The highest BCUT2D eigenvalue weighted by atomic mass is 13.8. The number of hydrogen-bond acceptors (Lipinski definition) is 0. The number of allylic oxidation sites excluding steroid dienone is 6. The molecular weight excluding hydrogens is 132 g/mol. The number of rotatable bonds is 4. The molecule has 0 spiro atoms. The molecule has 0 N–H and O–H groups in total. The molecule has 62 valence electrons. The van der Waals surface area contributed by atoms with E-state index in [1.165, 1.54) is 5.57 Å². The first kappa shape index (κ1) is 10.2. The van der Waals surface area contributed by atoms with Gasteiger partial charge in [-0.25, -0.2) is 0 Å². The number of hydrogen-bond donors (Lipinski definition) is 0. The average Bonchev–Trinajstić information content (AvgIpc) is 2.01. The van der Waals surface area contributed by atoms with Gasteiger partial charge in [-0.1, -0.05) is 49.8 Å². The summed E-state index contributed by atoms with van der Waals surface area (Å²) in [5, 5.41) is 0. The summed E-state index contributed by atoms with van der Waals surface area (Å²) in [6, 6.07) is 0. The SMILES string of the molecule is CC\C=C/C=C(C)/C=C/CC. The van der Waals surface area contributed by atoms with E-state index in [1.807, 2.05) is 0 Å². The lowest BCUT2D eigenvalue weighted by atomic mass is 10.2. The van der Waals surface area contributed by atoms with E-state index in [9.17, 15) is 0 Å². The van der Waals surface area contributed by atoms with E-state index < -0.39 is 0 Å². The van der Waals surface area contributed by atoms with Crippen molar-refractivity contribution < 1.29 is 0 Å². The summed E-state index contributed by atoms with van der Waals surface area (Å²) in [5.74, 6) is 0. The van der Waals surface area contributed by atoms with E-state index in [0.29, 0.717) is 0 Å². The van der Waals surface area contributed by atoms with Gasteiger partial charge in [0.05, 0.1) is 0 Å². The van der Waals surface area contributed by atoms with Crippen molar-refractivity contribution in [3.63, 3.8) is 0 Å². The van der Waals surface area contributed by atoms with Crippen molar-refractivity contribution in [2.75, 3.05) is 0 Å². The second-order valence-electron chi connectivity index (χ2n) is 2.56. The molecule has 0 aromatic heterocycles. The normalized spacial score (nSPS) is 13.5.